The molecular formula is C11H14N2. The molecule has 0 saturated carbocycles. The minimum absolute atomic E-state index is 0.740. The van der Waals surface area contributed by atoms with Crippen LogP contribution in [0.25, 0.3) is 0 Å². The third-order valence-electron chi connectivity index (χ3n) is 1.81. The van der Waals surface area contributed by atoms with E-state index < -0.39 is 0 Å². The van der Waals surface area contributed by atoms with Crippen molar-refractivity contribution in [2.45, 2.75) is 13.3 Å². The zero-order valence-corrected chi connectivity index (χ0v) is 7.80. The largest absolute Gasteiger partial charge is 0.397 e. The molecule has 2 nitrogen and oxygen atoms in total. The van der Waals surface area contributed by atoms with Gasteiger partial charge in [-0.15, -0.1) is 5.73 Å². The Morgan fingerprint density at radius 1 is 1.54 bits per heavy atom. The third-order valence-corrected chi connectivity index (χ3v) is 1.81. The number of rotatable bonds is 3. The Morgan fingerprint density at radius 2 is 2.23 bits per heavy atom. The number of nitrogens with two attached hydrogens (primary N) is 1. The summed E-state index contributed by atoms with van der Waals surface area (Å²) in [5.41, 5.74) is 11.2. The molecule has 0 aromatic heterocycles. The summed E-state index contributed by atoms with van der Waals surface area (Å²) in [5, 5.41) is 3.16. The lowest BCUT2D eigenvalue weighted by Gasteiger charge is -2.08. The molecule has 0 atom stereocenters. The lowest BCUT2D eigenvalue weighted by atomic mass is 10.2. The fourth-order valence-corrected chi connectivity index (χ4v) is 1.03. The SMILES string of the molecule is C=C=C(CC)Nc1ccccc1N. The Kier molecular flexibility index (Phi) is 3.18. The van der Waals surface area contributed by atoms with Gasteiger partial charge in [0, 0.05) is 0 Å². The van der Waals surface area contributed by atoms with Crippen molar-refractivity contribution in [2.24, 2.45) is 0 Å². The molecule has 0 fully saturated rings. The summed E-state index contributed by atoms with van der Waals surface area (Å²) < 4.78 is 0. The van der Waals surface area contributed by atoms with Crippen molar-refractivity contribution in [1.29, 1.82) is 0 Å². The van der Waals surface area contributed by atoms with Gasteiger partial charge in [0.25, 0.3) is 0 Å². The number of anilines is 2. The van der Waals surface area contributed by atoms with Crippen molar-refractivity contribution in [3.63, 3.8) is 0 Å². The zero-order valence-electron chi connectivity index (χ0n) is 7.80. The molecule has 3 N–H and O–H groups in total. The molecule has 13 heavy (non-hydrogen) atoms. The van der Waals surface area contributed by atoms with Gasteiger partial charge in [-0.05, 0) is 18.6 Å². The second-order valence-corrected chi connectivity index (χ2v) is 2.72. The van der Waals surface area contributed by atoms with Crippen molar-refractivity contribution >= 4 is 11.4 Å². The first-order valence-electron chi connectivity index (χ1n) is 4.28. The second kappa shape index (κ2) is 4.39. The molecule has 0 heterocycles. The maximum atomic E-state index is 5.75. The summed E-state index contributed by atoms with van der Waals surface area (Å²) in [5.74, 6) is 0. The predicted octanol–water partition coefficient (Wildman–Crippen LogP) is 2.76. The number of hydrogen-bond donors (Lipinski definition) is 2. The summed E-state index contributed by atoms with van der Waals surface area (Å²) in [6.07, 6.45) is 0.873. The summed E-state index contributed by atoms with van der Waals surface area (Å²) >= 11 is 0. The van der Waals surface area contributed by atoms with E-state index in [1.165, 1.54) is 0 Å². The smallest absolute Gasteiger partial charge is 0.0620 e. The van der Waals surface area contributed by atoms with Crippen molar-refractivity contribution in [3.8, 4) is 0 Å². The molecule has 0 bridgehead atoms. The highest BCUT2D eigenvalue weighted by Gasteiger charge is 1.97. The van der Waals surface area contributed by atoms with Gasteiger partial charge in [-0.3, -0.25) is 0 Å². The van der Waals surface area contributed by atoms with Gasteiger partial charge in [0.15, 0.2) is 0 Å². The molecule has 2 heteroatoms. The number of para-hydroxylation sites is 2. The topological polar surface area (TPSA) is 38.0 Å². The summed E-state index contributed by atoms with van der Waals surface area (Å²) in [4.78, 5) is 0. The number of hydrogen-bond acceptors (Lipinski definition) is 2. The van der Waals surface area contributed by atoms with Crippen LogP contribution in [0.2, 0.25) is 0 Å². The standard InChI is InChI=1S/C11H14N2/c1-3-9(4-2)13-11-8-6-5-7-10(11)12/h5-8,13H,1,4,12H2,2H3. The molecule has 1 aromatic carbocycles. The van der Waals surface area contributed by atoms with E-state index >= 15 is 0 Å². The molecule has 0 saturated heterocycles. The van der Waals surface area contributed by atoms with Crippen LogP contribution in [0.3, 0.4) is 0 Å². The molecule has 1 rings (SSSR count). The minimum atomic E-state index is 0.740. The minimum Gasteiger partial charge on any atom is -0.397 e. The Bertz CT molecular complexity index is 336. The number of nitrogen functional groups attached to an aromatic ring is 1. The van der Waals surface area contributed by atoms with Gasteiger partial charge >= 0.3 is 0 Å². The Hall–Kier alpha value is -1.66. The van der Waals surface area contributed by atoms with Crippen LogP contribution in [0.1, 0.15) is 13.3 Å². The summed E-state index contributed by atoms with van der Waals surface area (Å²) in [7, 11) is 0. The lowest BCUT2D eigenvalue weighted by molar-refractivity contribution is 1.11. The molecule has 1 aromatic rings. The molecule has 68 valence electrons. The Labute approximate surface area is 78.8 Å². The Balaban J connectivity index is 2.86. The van der Waals surface area contributed by atoms with E-state index in [4.69, 9.17) is 5.73 Å². The summed E-state index contributed by atoms with van der Waals surface area (Å²) in [6, 6.07) is 7.64. The van der Waals surface area contributed by atoms with Crippen LogP contribution in [0.15, 0.2) is 42.3 Å². The molecular weight excluding hydrogens is 160 g/mol. The third kappa shape index (κ3) is 2.39. The van der Waals surface area contributed by atoms with Crippen LogP contribution in [-0.2, 0) is 0 Å². The highest BCUT2D eigenvalue weighted by atomic mass is 14.9. The average Bonchev–Trinajstić information content (AvgIpc) is 2.17. The fourth-order valence-electron chi connectivity index (χ4n) is 1.03. The van der Waals surface area contributed by atoms with E-state index in [2.05, 4.69) is 17.6 Å². The molecule has 0 radical (unpaired) electrons. The molecule has 0 aliphatic heterocycles. The number of benzene rings is 1. The molecule has 0 unspecified atom stereocenters. The van der Waals surface area contributed by atoms with Crippen LogP contribution >= 0.6 is 0 Å². The van der Waals surface area contributed by atoms with E-state index in [9.17, 15) is 0 Å². The normalized spacial score (nSPS) is 9.00. The van der Waals surface area contributed by atoms with Crippen LogP contribution in [0.5, 0.6) is 0 Å². The first kappa shape index (κ1) is 9.43. The summed E-state index contributed by atoms with van der Waals surface area (Å²) in [6.45, 7) is 5.63. The van der Waals surface area contributed by atoms with Crippen LogP contribution in [0, 0.1) is 0 Å². The van der Waals surface area contributed by atoms with Crippen molar-refractivity contribution < 1.29 is 0 Å². The van der Waals surface area contributed by atoms with Gasteiger partial charge in [0.05, 0.1) is 17.1 Å². The first-order valence-corrected chi connectivity index (χ1v) is 4.28. The second-order valence-electron chi connectivity index (χ2n) is 2.72. The maximum Gasteiger partial charge on any atom is 0.0620 e. The van der Waals surface area contributed by atoms with Gasteiger partial charge in [-0.1, -0.05) is 25.6 Å². The molecule has 0 aliphatic rings. The first-order chi connectivity index (χ1) is 6.27. The highest BCUT2D eigenvalue weighted by Crippen LogP contribution is 2.18. The quantitative estimate of drug-likeness (QED) is 0.546. The van der Waals surface area contributed by atoms with Gasteiger partial charge in [-0.25, -0.2) is 0 Å². The van der Waals surface area contributed by atoms with Gasteiger partial charge in [-0.2, -0.15) is 0 Å². The number of nitrogens with one attached hydrogen (secondary N) is 1. The van der Waals surface area contributed by atoms with Gasteiger partial charge in [0.2, 0.25) is 0 Å². The van der Waals surface area contributed by atoms with Crippen molar-refractivity contribution in [2.75, 3.05) is 11.1 Å². The molecule has 0 spiro atoms. The Morgan fingerprint density at radius 3 is 2.77 bits per heavy atom. The van der Waals surface area contributed by atoms with E-state index in [1.54, 1.807) is 0 Å². The molecule has 0 aliphatic carbocycles. The van der Waals surface area contributed by atoms with E-state index in [0.717, 1.165) is 23.5 Å². The van der Waals surface area contributed by atoms with E-state index in [-0.39, 0.29) is 0 Å². The zero-order chi connectivity index (χ0) is 9.68. The molecule has 0 amide bonds. The predicted molar refractivity (Wildman–Crippen MR) is 57.4 cm³/mol. The lowest BCUT2D eigenvalue weighted by Crippen LogP contribution is -2.00. The van der Waals surface area contributed by atoms with E-state index in [0.29, 0.717) is 0 Å². The van der Waals surface area contributed by atoms with E-state index in [1.807, 2.05) is 31.2 Å². The van der Waals surface area contributed by atoms with Crippen LogP contribution in [0.4, 0.5) is 11.4 Å². The average molecular weight is 174 g/mol. The van der Waals surface area contributed by atoms with Crippen molar-refractivity contribution in [1.82, 2.24) is 0 Å². The van der Waals surface area contributed by atoms with Crippen LogP contribution in [-0.4, -0.2) is 0 Å². The van der Waals surface area contributed by atoms with Gasteiger partial charge < -0.3 is 11.1 Å². The maximum absolute atomic E-state index is 5.75. The monoisotopic (exact) mass is 174 g/mol. The van der Waals surface area contributed by atoms with Crippen molar-refractivity contribution in [3.05, 3.63) is 42.3 Å². The fraction of sp³-hybridized carbons (Fsp3) is 0.182. The van der Waals surface area contributed by atoms with Gasteiger partial charge in [0.1, 0.15) is 0 Å². The number of allylic oxidation sites excluding steroid dienone is 1. The van der Waals surface area contributed by atoms with Crippen LogP contribution < -0.4 is 11.1 Å². The highest BCUT2D eigenvalue weighted by molar-refractivity contribution is 5.67.